The van der Waals surface area contributed by atoms with Crippen LogP contribution in [0.2, 0.25) is 5.02 Å². The third kappa shape index (κ3) is 6.10. The molecule has 146 valence electrons. The van der Waals surface area contributed by atoms with Crippen LogP contribution in [-0.2, 0) is 20.9 Å². The van der Waals surface area contributed by atoms with Gasteiger partial charge in [-0.25, -0.2) is 0 Å². The summed E-state index contributed by atoms with van der Waals surface area (Å²) in [4.78, 5) is 40.4. The molecule has 2 rings (SSSR count). The number of nitrogens with one attached hydrogen (secondary N) is 1. The first-order valence-electron chi connectivity index (χ1n) is 9.11. The summed E-state index contributed by atoms with van der Waals surface area (Å²) in [6, 6.07) is 7.27. The quantitative estimate of drug-likeness (QED) is 0.572. The van der Waals surface area contributed by atoms with Crippen LogP contribution < -0.4 is 5.32 Å². The fraction of sp³-hybridized carbons (Fsp3) is 0.450. The molecule has 1 aromatic carbocycles. The van der Waals surface area contributed by atoms with E-state index >= 15 is 0 Å². The van der Waals surface area contributed by atoms with Crippen molar-refractivity contribution in [2.75, 3.05) is 26.7 Å². The van der Waals surface area contributed by atoms with Gasteiger partial charge in [0.25, 0.3) is 0 Å². The molecular formula is C20H26ClN3O3. The molecule has 0 saturated carbocycles. The number of nitrogens with zero attached hydrogens (tertiary/aromatic N) is 2. The highest BCUT2D eigenvalue weighted by Crippen LogP contribution is 2.21. The van der Waals surface area contributed by atoms with Crippen molar-refractivity contribution in [3.05, 3.63) is 47.5 Å². The largest absolute Gasteiger partial charge is 0.351 e. The van der Waals surface area contributed by atoms with Gasteiger partial charge in [0.2, 0.25) is 17.7 Å². The molecule has 6 nitrogen and oxygen atoms in total. The maximum Gasteiger partial charge on any atom is 0.243 e. The lowest BCUT2D eigenvalue weighted by Crippen LogP contribution is -2.45. The summed E-state index contributed by atoms with van der Waals surface area (Å²) in [6.45, 7) is 5.01. The summed E-state index contributed by atoms with van der Waals surface area (Å²) in [7, 11) is 1.74. The van der Waals surface area contributed by atoms with Gasteiger partial charge in [-0.1, -0.05) is 36.7 Å². The molecular weight excluding hydrogens is 366 g/mol. The molecule has 1 heterocycles. The highest BCUT2D eigenvalue weighted by atomic mass is 35.5. The van der Waals surface area contributed by atoms with E-state index in [0.29, 0.717) is 31.1 Å². The van der Waals surface area contributed by atoms with Crippen LogP contribution in [0.4, 0.5) is 0 Å². The third-order valence-electron chi connectivity index (χ3n) is 4.65. The summed E-state index contributed by atoms with van der Waals surface area (Å²) in [5, 5.41) is 3.27. The van der Waals surface area contributed by atoms with Crippen molar-refractivity contribution in [3.8, 4) is 0 Å². The van der Waals surface area contributed by atoms with Crippen LogP contribution in [0, 0.1) is 5.92 Å². The molecule has 1 aliphatic rings. The van der Waals surface area contributed by atoms with Gasteiger partial charge < -0.3 is 15.1 Å². The average molecular weight is 392 g/mol. The van der Waals surface area contributed by atoms with E-state index in [-0.39, 0.29) is 24.3 Å². The molecule has 1 unspecified atom stereocenters. The van der Waals surface area contributed by atoms with Crippen LogP contribution in [0.5, 0.6) is 0 Å². The Balaban J connectivity index is 2.15. The summed E-state index contributed by atoms with van der Waals surface area (Å²) in [5.41, 5.74) is 0.875. The van der Waals surface area contributed by atoms with E-state index in [2.05, 4.69) is 11.9 Å². The van der Waals surface area contributed by atoms with Gasteiger partial charge in [0.15, 0.2) is 0 Å². The van der Waals surface area contributed by atoms with E-state index in [0.717, 1.165) is 18.4 Å². The Hall–Kier alpha value is -2.34. The summed E-state index contributed by atoms with van der Waals surface area (Å²) >= 11 is 6.05. The van der Waals surface area contributed by atoms with Gasteiger partial charge in [0, 0.05) is 38.2 Å². The minimum absolute atomic E-state index is 0.135. The molecule has 0 aliphatic carbocycles. The second-order valence-electron chi connectivity index (χ2n) is 6.69. The molecule has 0 spiro atoms. The lowest BCUT2D eigenvalue weighted by atomic mass is 10.00. The molecule has 3 amide bonds. The molecule has 1 saturated heterocycles. The number of rotatable bonds is 7. The van der Waals surface area contributed by atoms with E-state index in [4.69, 9.17) is 11.6 Å². The van der Waals surface area contributed by atoms with Crippen molar-refractivity contribution in [2.24, 2.45) is 5.92 Å². The SMILES string of the molecule is C=CC(=O)NCCN(Cc1cccc(Cl)c1)C(=O)C1CCCCN(C)C1=O. The number of carbonyl (C=O) groups excluding carboxylic acids is 3. The van der Waals surface area contributed by atoms with Crippen LogP contribution in [0.1, 0.15) is 24.8 Å². The Kier molecular flexibility index (Phi) is 7.85. The Labute approximate surface area is 165 Å². The molecule has 1 atom stereocenters. The van der Waals surface area contributed by atoms with E-state index in [1.165, 1.54) is 6.08 Å². The van der Waals surface area contributed by atoms with Gasteiger partial charge in [-0.3, -0.25) is 14.4 Å². The van der Waals surface area contributed by atoms with E-state index in [1.807, 2.05) is 12.1 Å². The van der Waals surface area contributed by atoms with E-state index < -0.39 is 5.92 Å². The first-order chi connectivity index (χ1) is 12.9. The summed E-state index contributed by atoms with van der Waals surface area (Å²) in [6.07, 6.45) is 3.47. The minimum Gasteiger partial charge on any atom is -0.351 e. The zero-order chi connectivity index (χ0) is 19.8. The van der Waals surface area contributed by atoms with Gasteiger partial charge >= 0.3 is 0 Å². The van der Waals surface area contributed by atoms with Crippen LogP contribution in [0.15, 0.2) is 36.9 Å². The fourth-order valence-electron chi connectivity index (χ4n) is 3.16. The Bertz CT molecular complexity index is 707. The second-order valence-corrected chi connectivity index (χ2v) is 7.13. The van der Waals surface area contributed by atoms with Gasteiger partial charge in [0.05, 0.1) is 0 Å². The maximum atomic E-state index is 13.2. The molecule has 1 fully saturated rings. The molecule has 0 aromatic heterocycles. The zero-order valence-electron chi connectivity index (χ0n) is 15.6. The Morgan fingerprint density at radius 1 is 1.41 bits per heavy atom. The standard InChI is InChI=1S/C20H26ClN3O3/c1-3-18(25)22-10-12-24(14-15-7-6-8-16(21)13-15)20(27)17-9-4-5-11-23(2)19(17)26/h3,6-8,13,17H,1,4-5,9-12,14H2,2H3,(H,22,25). The molecule has 0 bridgehead atoms. The maximum absolute atomic E-state index is 13.2. The number of amides is 3. The third-order valence-corrected chi connectivity index (χ3v) is 4.88. The number of likely N-dealkylation sites (tertiary alicyclic amines) is 1. The predicted octanol–water partition coefficient (Wildman–Crippen LogP) is 2.23. The predicted molar refractivity (Wildman–Crippen MR) is 105 cm³/mol. The van der Waals surface area contributed by atoms with Crippen LogP contribution in [-0.4, -0.2) is 54.2 Å². The molecule has 7 heteroatoms. The topological polar surface area (TPSA) is 69.7 Å². The number of hydrogen-bond donors (Lipinski definition) is 1. The van der Waals surface area contributed by atoms with Crippen molar-refractivity contribution in [3.63, 3.8) is 0 Å². The smallest absolute Gasteiger partial charge is 0.243 e. The first kappa shape index (κ1) is 21.0. The number of carbonyl (C=O) groups is 3. The number of benzene rings is 1. The summed E-state index contributed by atoms with van der Waals surface area (Å²) in [5.74, 6) is -1.31. The van der Waals surface area contributed by atoms with Crippen LogP contribution >= 0.6 is 11.6 Å². The van der Waals surface area contributed by atoms with Crippen molar-refractivity contribution < 1.29 is 14.4 Å². The molecule has 0 radical (unpaired) electrons. The van der Waals surface area contributed by atoms with Crippen molar-refractivity contribution >= 4 is 29.3 Å². The van der Waals surface area contributed by atoms with Gasteiger partial charge in [-0.15, -0.1) is 0 Å². The Morgan fingerprint density at radius 3 is 2.89 bits per heavy atom. The van der Waals surface area contributed by atoms with Gasteiger partial charge in [-0.2, -0.15) is 0 Å². The van der Waals surface area contributed by atoms with Gasteiger partial charge in [0.1, 0.15) is 5.92 Å². The fourth-order valence-corrected chi connectivity index (χ4v) is 3.37. The average Bonchev–Trinajstić information content (AvgIpc) is 2.81. The van der Waals surface area contributed by atoms with E-state index in [1.54, 1.807) is 29.0 Å². The lowest BCUT2D eigenvalue weighted by molar-refractivity contribution is -0.146. The number of halogens is 1. The highest BCUT2D eigenvalue weighted by molar-refractivity contribution is 6.30. The van der Waals surface area contributed by atoms with E-state index in [9.17, 15) is 14.4 Å². The molecule has 27 heavy (non-hydrogen) atoms. The summed E-state index contributed by atoms with van der Waals surface area (Å²) < 4.78 is 0. The van der Waals surface area contributed by atoms with Crippen molar-refractivity contribution in [2.45, 2.75) is 25.8 Å². The lowest BCUT2D eigenvalue weighted by Gasteiger charge is -2.28. The normalized spacial score (nSPS) is 17.2. The van der Waals surface area contributed by atoms with Crippen molar-refractivity contribution in [1.29, 1.82) is 0 Å². The monoisotopic (exact) mass is 391 g/mol. The Morgan fingerprint density at radius 2 is 2.19 bits per heavy atom. The van der Waals surface area contributed by atoms with Crippen molar-refractivity contribution in [1.82, 2.24) is 15.1 Å². The first-order valence-corrected chi connectivity index (χ1v) is 9.48. The van der Waals surface area contributed by atoms with Gasteiger partial charge in [-0.05, 0) is 36.6 Å². The molecule has 1 N–H and O–H groups in total. The molecule has 1 aromatic rings. The van der Waals surface area contributed by atoms with Crippen LogP contribution in [0.3, 0.4) is 0 Å². The number of hydrogen-bond acceptors (Lipinski definition) is 3. The second kappa shape index (κ2) is 10.1. The molecule has 1 aliphatic heterocycles. The van der Waals surface area contributed by atoms with Crippen LogP contribution in [0.25, 0.3) is 0 Å². The minimum atomic E-state index is -0.674. The zero-order valence-corrected chi connectivity index (χ0v) is 16.4. The highest BCUT2D eigenvalue weighted by Gasteiger charge is 2.33.